The Morgan fingerprint density at radius 2 is 1.74 bits per heavy atom. The van der Waals surface area contributed by atoms with Crippen molar-refractivity contribution in [2.45, 2.75) is 44.0 Å². The van der Waals surface area contributed by atoms with E-state index in [1.54, 1.807) is 0 Å². The van der Waals surface area contributed by atoms with E-state index in [4.69, 9.17) is 0 Å². The summed E-state index contributed by atoms with van der Waals surface area (Å²) in [5.41, 5.74) is -5.51. The van der Waals surface area contributed by atoms with Gasteiger partial charge in [0, 0.05) is 6.42 Å². The summed E-state index contributed by atoms with van der Waals surface area (Å²) in [6.07, 6.45) is 4.95. The fraction of sp³-hybridized carbons (Fsp3) is 0.900. The fourth-order valence-corrected chi connectivity index (χ4v) is 2.21. The molecule has 112 valence electrons. The summed E-state index contributed by atoms with van der Waals surface area (Å²) in [5.74, 6) is -0.593. The average molecular weight is 304 g/mol. The van der Waals surface area contributed by atoms with Gasteiger partial charge in [0.25, 0.3) is 0 Å². The Morgan fingerprint density at radius 1 is 1.16 bits per heavy atom. The maximum absolute atomic E-state index is 11.9. The molecule has 5 nitrogen and oxygen atoms in total. The Labute approximate surface area is 109 Å². The van der Waals surface area contributed by atoms with E-state index in [1.165, 1.54) is 0 Å². The van der Waals surface area contributed by atoms with Gasteiger partial charge in [0.1, 0.15) is 0 Å². The molecule has 0 aromatic rings. The number of alkyl halides is 3. The minimum atomic E-state index is -5.70. The largest absolute Gasteiger partial charge is 0.523 e. The molecule has 0 saturated heterocycles. The molecule has 0 aromatic carbocycles. The highest BCUT2D eigenvalue weighted by atomic mass is 32.2. The minimum absolute atomic E-state index is 0.0788. The second-order valence-corrected chi connectivity index (χ2v) is 5.97. The van der Waals surface area contributed by atoms with Gasteiger partial charge >= 0.3 is 21.6 Å². The van der Waals surface area contributed by atoms with Gasteiger partial charge in [-0.15, -0.1) is 0 Å². The molecule has 0 heterocycles. The van der Waals surface area contributed by atoms with E-state index in [9.17, 15) is 26.4 Å². The summed E-state index contributed by atoms with van der Waals surface area (Å²) in [6, 6.07) is 0. The maximum Gasteiger partial charge on any atom is 0.523 e. The van der Waals surface area contributed by atoms with Crippen LogP contribution in [0.4, 0.5) is 13.2 Å². The Morgan fingerprint density at radius 3 is 2.26 bits per heavy atom. The van der Waals surface area contributed by atoms with Crippen LogP contribution < -0.4 is 0 Å². The lowest BCUT2D eigenvalue weighted by molar-refractivity contribution is -0.152. The highest BCUT2D eigenvalue weighted by Gasteiger charge is 2.47. The van der Waals surface area contributed by atoms with Gasteiger partial charge in [0.2, 0.25) is 6.79 Å². The van der Waals surface area contributed by atoms with Crippen LogP contribution in [0.15, 0.2) is 0 Å². The first-order valence-electron chi connectivity index (χ1n) is 5.83. The molecule has 0 N–H and O–H groups in total. The van der Waals surface area contributed by atoms with Crippen molar-refractivity contribution in [3.63, 3.8) is 0 Å². The fourth-order valence-electron chi connectivity index (χ4n) is 1.91. The van der Waals surface area contributed by atoms with Gasteiger partial charge in [-0.05, 0) is 18.8 Å². The smallest absolute Gasteiger partial charge is 0.437 e. The maximum atomic E-state index is 11.9. The number of carbonyl (C=O) groups is 1. The molecule has 0 unspecified atom stereocenters. The van der Waals surface area contributed by atoms with Crippen LogP contribution in [0.5, 0.6) is 0 Å². The summed E-state index contributed by atoms with van der Waals surface area (Å²) in [4.78, 5) is 11.3. The van der Waals surface area contributed by atoms with Gasteiger partial charge < -0.3 is 4.74 Å². The van der Waals surface area contributed by atoms with Crippen molar-refractivity contribution in [1.29, 1.82) is 0 Å². The molecule has 0 spiro atoms. The van der Waals surface area contributed by atoms with E-state index >= 15 is 0 Å². The van der Waals surface area contributed by atoms with Crippen molar-refractivity contribution in [2.75, 3.05) is 6.79 Å². The summed E-state index contributed by atoms with van der Waals surface area (Å²) in [5, 5.41) is 0. The van der Waals surface area contributed by atoms with Crippen LogP contribution in [0, 0.1) is 5.92 Å². The van der Waals surface area contributed by atoms with E-state index in [1.807, 2.05) is 0 Å². The molecule has 0 amide bonds. The highest BCUT2D eigenvalue weighted by Crippen LogP contribution is 2.27. The van der Waals surface area contributed by atoms with Crippen molar-refractivity contribution in [3.8, 4) is 0 Å². The molecule has 1 saturated carbocycles. The molecule has 0 aromatic heterocycles. The van der Waals surface area contributed by atoms with Gasteiger partial charge in [-0.25, -0.2) is 4.18 Å². The van der Waals surface area contributed by atoms with Crippen molar-refractivity contribution < 1.29 is 35.3 Å². The van der Waals surface area contributed by atoms with Crippen molar-refractivity contribution in [1.82, 2.24) is 0 Å². The molecule has 0 atom stereocenters. The van der Waals surface area contributed by atoms with E-state index in [0.29, 0.717) is 0 Å². The number of carbonyl (C=O) groups excluding carboxylic acids is 1. The van der Waals surface area contributed by atoms with E-state index in [0.717, 1.165) is 32.1 Å². The van der Waals surface area contributed by atoms with Gasteiger partial charge in [-0.1, -0.05) is 19.3 Å². The standard InChI is InChI=1S/C10H15F3O5S/c11-10(12,13)19(15,16)18-7-17-9(14)6-8-4-2-1-3-5-8/h8H,1-7H2. The molecule has 1 aliphatic rings. The Kier molecular flexibility index (Phi) is 5.60. The lowest BCUT2D eigenvalue weighted by Crippen LogP contribution is -2.27. The molecule has 1 fully saturated rings. The van der Waals surface area contributed by atoms with Crippen molar-refractivity contribution in [2.24, 2.45) is 5.92 Å². The summed E-state index contributed by atoms with van der Waals surface area (Å²) in [6.45, 7) is -1.24. The summed E-state index contributed by atoms with van der Waals surface area (Å²) in [7, 11) is -5.70. The normalized spacial score (nSPS) is 18.3. The van der Waals surface area contributed by atoms with E-state index < -0.39 is 28.4 Å². The van der Waals surface area contributed by atoms with Gasteiger partial charge in [-0.2, -0.15) is 21.6 Å². The lowest BCUT2D eigenvalue weighted by Gasteiger charge is -2.20. The molecule has 0 aliphatic heterocycles. The molecule has 9 heteroatoms. The number of esters is 1. The SMILES string of the molecule is O=C(CC1CCCCC1)OCOS(=O)(=O)C(F)(F)F. The predicted molar refractivity (Wildman–Crippen MR) is 58.2 cm³/mol. The van der Waals surface area contributed by atoms with Crippen molar-refractivity contribution >= 4 is 16.1 Å². The van der Waals surface area contributed by atoms with Crippen LogP contribution in [0.25, 0.3) is 0 Å². The predicted octanol–water partition coefficient (Wildman–Crippen LogP) is 2.32. The molecular weight excluding hydrogens is 289 g/mol. The first kappa shape index (κ1) is 16.2. The van der Waals surface area contributed by atoms with Crippen LogP contribution in [0.1, 0.15) is 38.5 Å². The first-order valence-corrected chi connectivity index (χ1v) is 7.24. The second kappa shape index (κ2) is 6.56. The van der Waals surface area contributed by atoms with Gasteiger partial charge in [-0.3, -0.25) is 4.79 Å². The van der Waals surface area contributed by atoms with Crippen LogP contribution in [0.2, 0.25) is 0 Å². The lowest BCUT2D eigenvalue weighted by atomic mass is 9.87. The molecule has 1 aliphatic carbocycles. The summed E-state index contributed by atoms with van der Waals surface area (Å²) < 4.78 is 64.5. The van der Waals surface area contributed by atoms with E-state index in [2.05, 4.69) is 8.92 Å². The zero-order valence-corrected chi connectivity index (χ0v) is 10.9. The third-order valence-electron chi connectivity index (χ3n) is 2.89. The highest BCUT2D eigenvalue weighted by molar-refractivity contribution is 7.87. The summed E-state index contributed by atoms with van der Waals surface area (Å²) >= 11 is 0. The van der Waals surface area contributed by atoms with Crippen LogP contribution in [-0.4, -0.2) is 26.7 Å². The Hall–Kier alpha value is -0.830. The third-order valence-corrected chi connectivity index (χ3v) is 3.86. The average Bonchev–Trinajstić information content (AvgIpc) is 2.28. The zero-order chi connectivity index (χ0) is 14.5. The molecule has 19 heavy (non-hydrogen) atoms. The first-order chi connectivity index (χ1) is 8.72. The van der Waals surface area contributed by atoms with Crippen LogP contribution in [0.3, 0.4) is 0 Å². The van der Waals surface area contributed by atoms with Gasteiger partial charge in [0.05, 0.1) is 0 Å². The number of ether oxygens (including phenoxy) is 1. The molecular formula is C10H15F3O5S. The molecule has 0 bridgehead atoms. The number of hydrogen-bond donors (Lipinski definition) is 0. The quantitative estimate of drug-likeness (QED) is 0.337. The number of hydrogen-bond acceptors (Lipinski definition) is 5. The Bertz CT molecular complexity index is 398. The third kappa shape index (κ3) is 5.35. The minimum Gasteiger partial charge on any atom is -0.437 e. The number of halogens is 3. The van der Waals surface area contributed by atoms with Gasteiger partial charge in [0.15, 0.2) is 0 Å². The molecule has 1 rings (SSSR count). The van der Waals surface area contributed by atoms with Crippen LogP contribution in [-0.2, 0) is 23.8 Å². The van der Waals surface area contributed by atoms with Crippen LogP contribution >= 0.6 is 0 Å². The second-order valence-electron chi connectivity index (χ2n) is 4.36. The van der Waals surface area contributed by atoms with Crippen molar-refractivity contribution in [3.05, 3.63) is 0 Å². The number of rotatable bonds is 5. The Balaban J connectivity index is 2.27. The monoisotopic (exact) mass is 304 g/mol. The zero-order valence-electron chi connectivity index (χ0n) is 10.1. The molecule has 0 radical (unpaired) electrons. The topological polar surface area (TPSA) is 69.7 Å². The van der Waals surface area contributed by atoms with E-state index in [-0.39, 0.29) is 12.3 Å².